The third-order valence-corrected chi connectivity index (χ3v) is 8.46. The molecule has 3 rings (SSSR count). The summed E-state index contributed by atoms with van der Waals surface area (Å²) in [6, 6.07) is 12.9. The maximum atomic E-state index is 14.2. The molecule has 1 aliphatic rings. The molecule has 2 aromatic rings. The molecule has 0 aliphatic carbocycles. The van der Waals surface area contributed by atoms with E-state index in [-0.39, 0.29) is 17.3 Å². The van der Waals surface area contributed by atoms with Gasteiger partial charge in [-0.05, 0) is 74.6 Å². The normalized spacial score (nSPS) is 15.7. The van der Waals surface area contributed by atoms with E-state index in [1.807, 2.05) is 7.05 Å². The van der Waals surface area contributed by atoms with E-state index in [1.54, 1.807) is 36.4 Å². The predicted molar refractivity (Wildman–Crippen MR) is 151 cm³/mol. The lowest BCUT2D eigenvalue weighted by molar-refractivity contribution is 0.213. The maximum Gasteiger partial charge on any atom is 0.240 e. The first-order valence-corrected chi connectivity index (χ1v) is 15.0. The van der Waals surface area contributed by atoms with Crippen molar-refractivity contribution in [3.8, 4) is 11.1 Å². The van der Waals surface area contributed by atoms with Crippen LogP contribution in [0.3, 0.4) is 0 Å². The first-order chi connectivity index (χ1) is 17.9. The number of benzene rings is 2. The van der Waals surface area contributed by atoms with Gasteiger partial charge in [0.25, 0.3) is 0 Å². The van der Waals surface area contributed by atoms with Gasteiger partial charge in [-0.25, -0.2) is 17.5 Å². The molecule has 5 nitrogen and oxygen atoms in total. The van der Waals surface area contributed by atoms with Crippen LogP contribution < -0.4 is 10.0 Å². The van der Waals surface area contributed by atoms with Gasteiger partial charge in [0, 0.05) is 37.1 Å². The quantitative estimate of drug-likeness (QED) is 0.314. The number of piperidine rings is 1. The SMILES string of the molecule is CC/C=C(\CCCC1CCN(/C(=C/CC)CNS(=O)(=O)c2cccc(-c3ccccc3F)c2)CC1)NC. The molecule has 0 aromatic heterocycles. The van der Waals surface area contributed by atoms with Crippen molar-refractivity contribution in [2.24, 2.45) is 5.92 Å². The van der Waals surface area contributed by atoms with E-state index in [2.05, 4.69) is 40.9 Å². The maximum absolute atomic E-state index is 14.2. The van der Waals surface area contributed by atoms with E-state index >= 15 is 0 Å². The molecular formula is C30H42FN3O2S. The second kappa shape index (κ2) is 14.3. The van der Waals surface area contributed by atoms with Gasteiger partial charge in [-0.2, -0.15) is 0 Å². The van der Waals surface area contributed by atoms with Crippen LogP contribution in [0.5, 0.6) is 0 Å². The Morgan fingerprint density at radius 1 is 1.05 bits per heavy atom. The Morgan fingerprint density at radius 3 is 2.46 bits per heavy atom. The summed E-state index contributed by atoms with van der Waals surface area (Å²) in [5, 5.41) is 3.30. The summed E-state index contributed by atoms with van der Waals surface area (Å²) in [6.07, 6.45) is 12.1. The molecule has 1 saturated heterocycles. The highest BCUT2D eigenvalue weighted by Crippen LogP contribution is 2.27. The van der Waals surface area contributed by atoms with E-state index in [0.717, 1.165) is 56.8 Å². The van der Waals surface area contributed by atoms with Gasteiger partial charge in [0.2, 0.25) is 10.0 Å². The van der Waals surface area contributed by atoms with E-state index in [9.17, 15) is 12.8 Å². The molecule has 1 aliphatic heterocycles. The van der Waals surface area contributed by atoms with Crippen LogP contribution in [0.2, 0.25) is 0 Å². The minimum absolute atomic E-state index is 0.140. The largest absolute Gasteiger partial charge is 0.392 e. The number of likely N-dealkylation sites (tertiary alicyclic amines) is 1. The van der Waals surface area contributed by atoms with Crippen LogP contribution in [-0.2, 0) is 10.0 Å². The molecule has 0 bridgehead atoms. The van der Waals surface area contributed by atoms with Crippen molar-refractivity contribution in [1.82, 2.24) is 14.9 Å². The Kier molecular flexibility index (Phi) is 11.2. The summed E-state index contributed by atoms with van der Waals surface area (Å²) in [5.41, 5.74) is 3.29. The van der Waals surface area contributed by atoms with Crippen molar-refractivity contribution >= 4 is 10.0 Å². The molecule has 0 saturated carbocycles. The van der Waals surface area contributed by atoms with Crippen molar-refractivity contribution in [3.05, 3.63) is 77.9 Å². The van der Waals surface area contributed by atoms with Crippen LogP contribution in [-0.4, -0.2) is 40.0 Å². The minimum Gasteiger partial charge on any atom is -0.392 e. The summed E-state index contributed by atoms with van der Waals surface area (Å²) < 4.78 is 43.3. The van der Waals surface area contributed by atoms with Crippen molar-refractivity contribution in [2.45, 2.75) is 63.7 Å². The van der Waals surface area contributed by atoms with Gasteiger partial charge in [0.1, 0.15) is 5.82 Å². The van der Waals surface area contributed by atoms with E-state index in [4.69, 9.17) is 0 Å². The average molecular weight is 528 g/mol. The van der Waals surface area contributed by atoms with Gasteiger partial charge in [0.15, 0.2) is 0 Å². The smallest absolute Gasteiger partial charge is 0.240 e. The summed E-state index contributed by atoms with van der Waals surface area (Å²) >= 11 is 0. The third-order valence-electron chi connectivity index (χ3n) is 7.06. The molecule has 0 amide bonds. The van der Waals surface area contributed by atoms with Crippen LogP contribution in [0.15, 0.2) is 77.0 Å². The fourth-order valence-electron chi connectivity index (χ4n) is 4.99. The zero-order valence-electron chi connectivity index (χ0n) is 22.5. The average Bonchev–Trinajstić information content (AvgIpc) is 2.91. The Morgan fingerprint density at radius 2 is 1.78 bits per heavy atom. The first kappa shape index (κ1) is 28.9. The van der Waals surface area contributed by atoms with Crippen molar-refractivity contribution < 1.29 is 12.8 Å². The van der Waals surface area contributed by atoms with Gasteiger partial charge in [-0.3, -0.25) is 0 Å². The number of nitrogens with zero attached hydrogens (tertiary/aromatic N) is 1. The lowest BCUT2D eigenvalue weighted by Crippen LogP contribution is -2.38. The Balaban J connectivity index is 1.57. The molecule has 0 atom stereocenters. The number of hydrogen-bond donors (Lipinski definition) is 2. The Labute approximate surface area is 222 Å². The topological polar surface area (TPSA) is 61.4 Å². The highest BCUT2D eigenvalue weighted by molar-refractivity contribution is 7.89. The molecule has 0 radical (unpaired) electrons. The van der Waals surface area contributed by atoms with Gasteiger partial charge in [0.05, 0.1) is 11.4 Å². The summed E-state index contributed by atoms with van der Waals surface area (Å²) in [7, 11) is -1.75. The van der Waals surface area contributed by atoms with Crippen molar-refractivity contribution in [3.63, 3.8) is 0 Å². The zero-order chi connectivity index (χ0) is 26.7. The number of rotatable bonds is 13. The highest BCUT2D eigenvalue weighted by Gasteiger charge is 2.22. The molecule has 2 N–H and O–H groups in total. The number of hydrogen-bond acceptors (Lipinski definition) is 4. The van der Waals surface area contributed by atoms with Crippen LogP contribution in [0, 0.1) is 11.7 Å². The lowest BCUT2D eigenvalue weighted by atomic mass is 9.91. The Bertz CT molecular complexity index is 1170. The Hall–Kier alpha value is -2.64. The van der Waals surface area contributed by atoms with Crippen LogP contribution >= 0.6 is 0 Å². The number of allylic oxidation sites excluding steroid dienone is 3. The number of halogens is 1. The van der Waals surface area contributed by atoms with Gasteiger partial charge in [-0.1, -0.05) is 56.3 Å². The third kappa shape index (κ3) is 8.44. The van der Waals surface area contributed by atoms with Crippen LogP contribution in [0.4, 0.5) is 4.39 Å². The highest BCUT2D eigenvalue weighted by atomic mass is 32.2. The second-order valence-electron chi connectivity index (χ2n) is 9.65. The van der Waals surface area contributed by atoms with Crippen LogP contribution in [0.1, 0.15) is 58.8 Å². The molecule has 202 valence electrons. The number of sulfonamides is 1. The molecule has 0 unspecified atom stereocenters. The molecule has 1 heterocycles. The predicted octanol–water partition coefficient (Wildman–Crippen LogP) is 6.46. The monoisotopic (exact) mass is 527 g/mol. The zero-order valence-corrected chi connectivity index (χ0v) is 23.3. The van der Waals surface area contributed by atoms with Crippen LogP contribution in [0.25, 0.3) is 11.1 Å². The molecule has 7 heteroatoms. The van der Waals surface area contributed by atoms with Gasteiger partial charge >= 0.3 is 0 Å². The molecular weight excluding hydrogens is 485 g/mol. The minimum atomic E-state index is -3.75. The molecule has 37 heavy (non-hydrogen) atoms. The molecule has 2 aromatic carbocycles. The first-order valence-electron chi connectivity index (χ1n) is 13.5. The number of nitrogens with one attached hydrogen (secondary N) is 2. The van der Waals surface area contributed by atoms with Gasteiger partial charge < -0.3 is 10.2 Å². The van der Waals surface area contributed by atoms with E-state index < -0.39 is 10.0 Å². The standard InChI is InChI=1S/C30H42FN3O2S/c1-4-10-26(32-3)14-8-12-24-18-20-34(21-19-24)27(11-5-2)23-33-37(35,36)28-15-9-13-25(22-28)29-16-6-7-17-30(29)31/h6-7,9-11,13,15-17,22,24,32-33H,4-5,8,12,14,18-21,23H2,1-3H3/b26-10+,27-11+. The van der Waals surface area contributed by atoms with E-state index in [0.29, 0.717) is 11.1 Å². The summed E-state index contributed by atoms with van der Waals surface area (Å²) in [6.45, 7) is 6.38. The van der Waals surface area contributed by atoms with E-state index in [1.165, 1.54) is 30.7 Å². The molecule has 0 spiro atoms. The lowest BCUT2D eigenvalue weighted by Gasteiger charge is -2.35. The fourth-order valence-corrected chi connectivity index (χ4v) is 6.04. The second-order valence-corrected chi connectivity index (χ2v) is 11.4. The molecule has 1 fully saturated rings. The van der Waals surface area contributed by atoms with Crippen molar-refractivity contribution in [2.75, 3.05) is 26.7 Å². The summed E-state index contributed by atoms with van der Waals surface area (Å²) in [5.74, 6) is 0.346. The summed E-state index contributed by atoms with van der Waals surface area (Å²) in [4.78, 5) is 2.47. The fraction of sp³-hybridized carbons (Fsp3) is 0.467. The van der Waals surface area contributed by atoms with Crippen molar-refractivity contribution in [1.29, 1.82) is 0 Å². The van der Waals surface area contributed by atoms with Gasteiger partial charge in [-0.15, -0.1) is 0 Å².